The number of thioether (sulfide) groups is 1. The molecule has 0 unspecified atom stereocenters. The zero-order valence-electron chi connectivity index (χ0n) is 15.8. The third-order valence-electron chi connectivity index (χ3n) is 4.70. The highest BCUT2D eigenvalue weighted by atomic mass is 35.5. The molecule has 0 saturated heterocycles. The summed E-state index contributed by atoms with van der Waals surface area (Å²) in [5.74, 6) is 0.132. The van der Waals surface area contributed by atoms with Crippen LogP contribution in [-0.4, -0.2) is 21.1 Å². The van der Waals surface area contributed by atoms with E-state index in [-0.39, 0.29) is 17.1 Å². The molecule has 0 radical (unpaired) electrons. The molecule has 0 aliphatic heterocycles. The highest BCUT2D eigenvalue weighted by Gasteiger charge is 2.16. The van der Waals surface area contributed by atoms with Crippen LogP contribution in [-0.2, 0) is 0 Å². The Morgan fingerprint density at radius 1 is 1.10 bits per heavy atom. The van der Waals surface area contributed by atoms with Gasteiger partial charge in [0.1, 0.15) is 4.70 Å². The van der Waals surface area contributed by atoms with Crippen LogP contribution in [0.5, 0.6) is 0 Å². The van der Waals surface area contributed by atoms with E-state index < -0.39 is 0 Å². The number of carbonyl (C=O) groups excluding carboxylic acids is 1. The SMILES string of the molecule is Cc1ccc(-n2c(SCC(=O)c3ccc(Cl)cc3)nc3ccsc3c2=O)cc1C. The zero-order chi connectivity index (χ0) is 20.5. The van der Waals surface area contributed by atoms with Crippen molar-refractivity contribution >= 4 is 50.7 Å². The molecule has 4 rings (SSSR count). The van der Waals surface area contributed by atoms with Gasteiger partial charge in [-0.05, 0) is 72.8 Å². The Balaban J connectivity index is 1.74. The Bertz CT molecular complexity index is 1280. The van der Waals surface area contributed by atoms with Crippen molar-refractivity contribution in [2.75, 3.05) is 5.75 Å². The van der Waals surface area contributed by atoms with Gasteiger partial charge in [0.25, 0.3) is 5.56 Å². The van der Waals surface area contributed by atoms with Crippen LogP contribution in [0.15, 0.2) is 63.9 Å². The molecule has 4 aromatic rings. The van der Waals surface area contributed by atoms with Crippen molar-refractivity contribution in [1.29, 1.82) is 0 Å². The molecular formula is C22H17ClN2O2S2. The lowest BCUT2D eigenvalue weighted by molar-refractivity contribution is 0.102. The third kappa shape index (κ3) is 4.01. The molecule has 2 aromatic heterocycles. The normalized spacial score (nSPS) is 11.1. The lowest BCUT2D eigenvalue weighted by Crippen LogP contribution is -2.21. The number of thiophene rings is 1. The smallest absolute Gasteiger partial charge is 0.276 e. The Hall–Kier alpha value is -2.41. The Labute approximate surface area is 181 Å². The molecule has 0 aliphatic carbocycles. The van der Waals surface area contributed by atoms with E-state index in [2.05, 4.69) is 4.98 Å². The van der Waals surface area contributed by atoms with Gasteiger partial charge in [-0.1, -0.05) is 29.4 Å². The van der Waals surface area contributed by atoms with Crippen LogP contribution in [0.2, 0.25) is 5.02 Å². The number of nitrogens with zero attached hydrogens (tertiary/aromatic N) is 2. The number of fused-ring (bicyclic) bond motifs is 1. The number of hydrogen-bond acceptors (Lipinski definition) is 5. The molecule has 146 valence electrons. The molecule has 0 amide bonds. The van der Waals surface area contributed by atoms with Gasteiger partial charge in [0.15, 0.2) is 10.9 Å². The van der Waals surface area contributed by atoms with Gasteiger partial charge in [0.2, 0.25) is 0 Å². The number of aromatic nitrogens is 2. The summed E-state index contributed by atoms with van der Waals surface area (Å²) in [5, 5.41) is 2.95. The van der Waals surface area contributed by atoms with Crippen molar-refractivity contribution in [1.82, 2.24) is 9.55 Å². The van der Waals surface area contributed by atoms with Gasteiger partial charge in [-0.15, -0.1) is 11.3 Å². The van der Waals surface area contributed by atoms with Crippen LogP contribution in [0.1, 0.15) is 21.5 Å². The van der Waals surface area contributed by atoms with E-state index in [9.17, 15) is 9.59 Å². The van der Waals surface area contributed by atoms with Gasteiger partial charge >= 0.3 is 0 Å². The fourth-order valence-corrected chi connectivity index (χ4v) is 4.72. The number of carbonyl (C=O) groups is 1. The lowest BCUT2D eigenvalue weighted by Gasteiger charge is -2.13. The molecular weight excluding hydrogens is 424 g/mol. The number of rotatable bonds is 5. The highest BCUT2D eigenvalue weighted by Crippen LogP contribution is 2.25. The molecule has 0 saturated carbocycles. The summed E-state index contributed by atoms with van der Waals surface area (Å²) in [6.45, 7) is 4.04. The number of benzene rings is 2. The Morgan fingerprint density at radius 3 is 2.59 bits per heavy atom. The fourth-order valence-electron chi connectivity index (χ4n) is 2.93. The summed E-state index contributed by atoms with van der Waals surface area (Å²) >= 11 is 8.54. The first-order valence-corrected chi connectivity index (χ1v) is 11.2. The quantitative estimate of drug-likeness (QED) is 0.227. The molecule has 0 atom stereocenters. The third-order valence-corrected chi connectivity index (χ3v) is 6.78. The minimum absolute atomic E-state index is 0.0435. The largest absolute Gasteiger partial charge is 0.293 e. The summed E-state index contributed by atoms with van der Waals surface area (Å²) < 4.78 is 2.21. The van der Waals surface area contributed by atoms with Gasteiger partial charge in [0.05, 0.1) is 17.0 Å². The zero-order valence-corrected chi connectivity index (χ0v) is 18.2. The summed E-state index contributed by atoms with van der Waals surface area (Å²) in [4.78, 5) is 30.4. The number of ketones is 1. The van der Waals surface area contributed by atoms with Crippen LogP contribution in [0, 0.1) is 13.8 Å². The number of hydrogen-bond donors (Lipinski definition) is 0. The number of Topliss-reactive ketones (excluding diaryl/α,β-unsaturated/α-hetero) is 1. The summed E-state index contributed by atoms with van der Waals surface area (Å²) in [7, 11) is 0. The minimum Gasteiger partial charge on any atom is -0.293 e. The average molecular weight is 441 g/mol. The molecule has 2 heterocycles. The molecule has 0 spiro atoms. The van der Waals surface area contributed by atoms with Crippen molar-refractivity contribution in [2.45, 2.75) is 19.0 Å². The van der Waals surface area contributed by atoms with Crippen molar-refractivity contribution in [3.63, 3.8) is 0 Å². The molecule has 4 nitrogen and oxygen atoms in total. The van der Waals surface area contributed by atoms with E-state index in [4.69, 9.17) is 11.6 Å². The van der Waals surface area contributed by atoms with E-state index in [0.29, 0.717) is 26.0 Å². The van der Waals surface area contributed by atoms with Crippen LogP contribution >= 0.6 is 34.7 Å². The molecule has 0 aliphatic rings. The van der Waals surface area contributed by atoms with Crippen LogP contribution in [0.25, 0.3) is 15.9 Å². The summed E-state index contributed by atoms with van der Waals surface area (Å²) in [6, 6.07) is 14.5. The van der Waals surface area contributed by atoms with Gasteiger partial charge in [-0.25, -0.2) is 4.98 Å². The monoisotopic (exact) mass is 440 g/mol. The van der Waals surface area contributed by atoms with Crippen LogP contribution < -0.4 is 5.56 Å². The van der Waals surface area contributed by atoms with Gasteiger partial charge < -0.3 is 0 Å². The molecule has 7 heteroatoms. The second-order valence-corrected chi connectivity index (χ2v) is 8.95. The predicted molar refractivity (Wildman–Crippen MR) is 121 cm³/mol. The number of halogens is 1. The number of aryl methyl sites for hydroxylation is 2. The second-order valence-electron chi connectivity index (χ2n) is 6.66. The topological polar surface area (TPSA) is 52.0 Å². The maximum absolute atomic E-state index is 13.2. The van der Waals surface area contributed by atoms with Gasteiger partial charge in [-0.3, -0.25) is 14.2 Å². The molecule has 2 aromatic carbocycles. The first kappa shape index (κ1) is 19.9. The molecule has 0 N–H and O–H groups in total. The van der Waals surface area contributed by atoms with Crippen molar-refractivity contribution in [3.8, 4) is 5.69 Å². The van der Waals surface area contributed by atoms with Gasteiger partial charge in [-0.2, -0.15) is 0 Å². The highest BCUT2D eigenvalue weighted by molar-refractivity contribution is 7.99. The second kappa shape index (κ2) is 8.14. The van der Waals surface area contributed by atoms with E-state index in [1.165, 1.54) is 23.1 Å². The standard InChI is InChI=1S/C22H17ClN2O2S2/c1-13-3-8-17(11-14(13)2)25-21(27)20-18(9-10-28-20)24-22(25)29-12-19(26)15-4-6-16(23)7-5-15/h3-11H,12H2,1-2H3. The van der Waals surface area contributed by atoms with Crippen molar-refractivity contribution in [2.24, 2.45) is 0 Å². The predicted octanol–water partition coefficient (Wildman–Crippen LogP) is 5.69. The van der Waals surface area contributed by atoms with E-state index in [1.54, 1.807) is 28.8 Å². The molecule has 0 fully saturated rings. The maximum atomic E-state index is 13.2. The lowest BCUT2D eigenvalue weighted by atomic mass is 10.1. The van der Waals surface area contributed by atoms with Crippen LogP contribution in [0.3, 0.4) is 0 Å². The van der Waals surface area contributed by atoms with Crippen LogP contribution in [0.4, 0.5) is 0 Å². The van der Waals surface area contributed by atoms with Crippen molar-refractivity contribution < 1.29 is 4.79 Å². The average Bonchev–Trinajstić information content (AvgIpc) is 3.18. The summed E-state index contributed by atoms with van der Waals surface area (Å²) in [5.41, 5.74) is 4.12. The minimum atomic E-state index is -0.116. The molecule has 29 heavy (non-hydrogen) atoms. The van der Waals surface area contributed by atoms with E-state index >= 15 is 0 Å². The first-order valence-electron chi connectivity index (χ1n) is 8.93. The van der Waals surface area contributed by atoms with Crippen molar-refractivity contribution in [3.05, 3.63) is 86.0 Å². The van der Waals surface area contributed by atoms with E-state index in [1.807, 2.05) is 43.5 Å². The Morgan fingerprint density at radius 2 is 1.86 bits per heavy atom. The summed E-state index contributed by atoms with van der Waals surface area (Å²) in [6.07, 6.45) is 0. The molecule has 0 bridgehead atoms. The van der Waals surface area contributed by atoms with E-state index in [0.717, 1.165) is 16.8 Å². The Kier molecular flexibility index (Phi) is 5.58. The maximum Gasteiger partial charge on any atom is 0.276 e. The first-order chi connectivity index (χ1) is 13.9. The van der Waals surface area contributed by atoms with Gasteiger partial charge in [0, 0.05) is 10.6 Å². The fraction of sp³-hybridized carbons (Fsp3) is 0.136.